The lowest BCUT2D eigenvalue weighted by molar-refractivity contribution is -0.130. The van der Waals surface area contributed by atoms with E-state index >= 15 is 0 Å². The van der Waals surface area contributed by atoms with Gasteiger partial charge in [-0.2, -0.15) is 0 Å². The Balaban J connectivity index is 0.000000243. The molecule has 4 heterocycles. The van der Waals surface area contributed by atoms with Crippen LogP contribution in [0.15, 0.2) is 30.7 Å². The highest BCUT2D eigenvalue weighted by Crippen LogP contribution is 2.31. The summed E-state index contributed by atoms with van der Waals surface area (Å²) in [4.78, 5) is 46.6. The van der Waals surface area contributed by atoms with Crippen LogP contribution in [-0.4, -0.2) is 102 Å². The van der Waals surface area contributed by atoms with Gasteiger partial charge in [-0.15, -0.1) is 0 Å². The quantitative estimate of drug-likeness (QED) is 0.436. The van der Waals surface area contributed by atoms with Crippen LogP contribution in [-0.2, 0) is 9.53 Å². The zero-order chi connectivity index (χ0) is 28.1. The summed E-state index contributed by atoms with van der Waals surface area (Å²) in [6, 6.07) is 2.16. The number of hydrogen-bond donors (Lipinski definition) is 2. The molecule has 2 aliphatic rings. The van der Waals surface area contributed by atoms with Gasteiger partial charge in [0.2, 0.25) is 5.91 Å². The second-order valence-electron chi connectivity index (χ2n) is 8.96. The van der Waals surface area contributed by atoms with Crippen molar-refractivity contribution in [3.63, 3.8) is 0 Å². The number of fused-ring (bicyclic) bond motifs is 1. The van der Waals surface area contributed by atoms with Gasteiger partial charge >= 0.3 is 6.09 Å². The third kappa shape index (κ3) is 5.96. The van der Waals surface area contributed by atoms with Crippen molar-refractivity contribution in [1.29, 1.82) is 0 Å². The third-order valence-corrected chi connectivity index (χ3v) is 6.43. The molecule has 39 heavy (non-hydrogen) atoms. The number of aliphatic hydroxyl groups excluding tert-OH is 1. The molecule has 208 valence electrons. The number of aryl methyl sites for hydroxylation is 1. The fourth-order valence-electron chi connectivity index (χ4n) is 4.47. The molecule has 1 aromatic carbocycles. The molecule has 2 saturated heterocycles. The Morgan fingerprint density at radius 1 is 1.23 bits per heavy atom. The average Bonchev–Trinajstić information content (AvgIpc) is 3.47. The summed E-state index contributed by atoms with van der Waals surface area (Å²) in [7, 11) is 1.68. The lowest BCUT2D eigenvalue weighted by atomic mass is 10.2. The normalized spacial score (nSPS) is 17.2. The lowest BCUT2D eigenvalue weighted by Crippen LogP contribution is -2.51. The number of aromatic nitrogens is 3. The van der Waals surface area contributed by atoms with Crippen LogP contribution in [0.25, 0.3) is 5.65 Å². The molecule has 2 aliphatic heterocycles. The van der Waals surface area contributed by atoms with E-state index in [4.69, 9.17) is 9.84 Å². The fraction of sp³-hybridized carbons (Fsp3) is 0.400. The largest absolute Gasteiger partial charge is 0.441 e. The van der Waals surface area contributed by atoms with Crippen molar-refractivity contribution in [2.45, 2.75) is 13.0 Å². The van der Waals surface area contributed by atoms with Gasteiger partial charge in [0, 0.05) is 50.7 Å². The maximum absolute atomic E-state index is 14.6. The predicted molar refractivity (Wildman–Crippen MR) is 137 cm³/mol. The maximum atomic E-state index is 14.6. The van der Waals surface area contributed by atoms with E-state index < -0.39 is 23.8 Å². The minimum Gasteiger partial charge on any atom is -0.441 e. The summed E-state index contributed by atoms with van der Waals surface area (Å²) < 4.78 is 35.9. The minimum atomic E-state index is -0.791. The number of nitrogens with zero attached hydrogens (tertiary/aromatic N) is 6. The van der Waals surface area contributed by atoms with Crippen molar-refractivity contribution in [2.75, 3.05) is 62.7 Å². The van der Waals surface area contributed by atoms with Crippen molar-refractivity contribution in [3.05, 3.63) is 53.7 Å². The summed E-state index contributed by atoms with van der Waals surface area (Å²) in [5, 5.41) is 11.9. The van der Waals surface area contributed by atoms with Crippen LogP contribution in [0, 0.1) is 18.6 Å². The van der Waals surface area contributed by atoms with E-state index in [0.29, 0.717) is 37.5 Å². The molecule has 1 atom stereocenters. The molecule has 1 unspecified atom stereocenters. The molecular weight excluding hydrogens is 516 g/mol. The van der Waals surface area contributed by atoms with E-state index in [1.807, 2.05) is 0 Å². The van der Waals surface area contributed by atoms with E-state index in [0.717, 1.165) is 29.0 Å². The number of amides is 2. The number of halogens is 2. The Labute approximate surface area is 222 Å². The number of cyclic esters (lactones) is 1. The lowest BCUT2D eigenvalue weighted by Gasteiger charge is -2.36. The number of rotatable bonds is 6. The molecule has 3 aromatic rings. The first-order chi connectivity index (χ1) is 18.8. The zero-order valence-corrected chi connectivity index (χ0v) is 21.5. The number of carbonyl (C=O) groups excluding carboxylic acids is 3. The van der Waals surface area contributed by atoms with Crippen molar-refractivity contribution < 1.29 is 33.0 Å². The van der Waals surface area contributed by atoms with Gasteiger partial charge in [0.25, 0.3) is 0 Å². The Hall–Kier alpha value is -4.17. The first-order valence-corrected chi connectivity index (χ1v) is 12.3. The number of hydrogen-bond acceptors (Lipinski definition) is 9. The van der Waals surface area contributed by atoms with Crippen molar-refractivity contribution in [3.8, 4) is 0 Å². The van der Waals surface area contributed by atoms with Crippen LogP contribution in [0.3, 0.4) is 0 Å². The van der Waals surface area contributed by atoms with Gasteiger partial charge in [-0.3, -0.25) is 23.9 Å². The molecule has 2 aromatic heterocycles. The number of piperazine rings is 1. The Bertz CT molecular complexity index is 1340. The first-order valence-electron chi connectivity index (χ1n) is 12.3. The number of anilines is 2. The number of nitrogens with one attached hydrogen (secondary N) is 1. The maximum Gasteiger partial charge on any atom is 0.414 e. The Morgan fingerprint density at radius 3 is 2.51 bits per heavy atom. The van der Waals surface area contributed by atoms with Gasteiger partial charge in [-0.25, -0.2) is 18.6 Å². The standard InChI is InChI=1S/C17H22F2N4O4.C8H7N3O/c1-20-8-15(25)21-2-4-22(5-3-21)16-13(18)6-11(7-14(16)19)23-9-12(10-24)27-17(23)26;1-6-7(5-12)11-3-2-9-4-8(11)10-6/h6-7,12,20,24H,2-5,8-10H2,1H3;2-5H,1H3. The highest BCUT2D eigenvalue weighted by Gasteiger charge is 2.33. The summed E-state index contributed by atoms with van der Waals surface area (Å²) in [6.07, 6.45) is 4.30. The number of aliphatic hydroxyl groups is 1. The second kappa shape index (κ2) is 12.1. The molecule has 0 spiro atoms. The number of likely N-dealkylation sites (N-methyl/N-ethyl adjacent to an activating group) is 1. The summed E-state index contributed by atoms with van der Waals surface area (Å²) in [6.45, 7) is 3.05. The molecular formula is C25H29F2N7O5. The second-order valence-corrected chi connectivity index (χ2v) is 8.96. The van der Waals surface area contributed by atoms with E-state index in [2.05, 4.69) is 15.3 Å². The highest BCUT2D eigenvalue weighted by atomic mass is 19.1. The molecule has 2 N–H and O–H groups in total. The third-order valence-electron chi connectivity index (χ3n) is 6.43. The van der Waals surface area contributed by atoms with Gasteiger partial charge in [0.15, 0.2) is 23.6 Å². The smallest absolute Gasteiger partial charge is 0.414 e. The number of benzene rings is 1. The molecule has 0 radical (unpaired) electrons. The van der Waals surface area contributed by atoms with Crippen LogP contribution in [0.5, 0.6) is 0 Å². The molecule has 2 fully saturated rings. The van der Waals surface area contributed by atoms with Crippen LogP contribution >= 0.6 is 0 Å². The summed E-state index contributed by atoms with van der Waals surface area (Å²) >= 11 is 0. The Morgan fingerprint density at radius 2 is 1.92 bits per heavy atom. The summed E-state index contributed by atoms with van der Waals surface area (Å²) in [5.41, 5.74) is 1.89. The molecule has 12 nitrogen and oxygen atoms in total. The van der Waals surface area contributed by atoms with E-state index in [1.54, 1.807) is 46.8 Å². The zero-order valence-electron chi connectivity index (χ0n) is 21.5. The van der Waals surface area contributed by atoms with Crippen LogP contribution in [0.2, 0.25) is 0 Å². The number of carbonyl (C=O) groups is 3. The van der Waals surface area contributed by atoms with Crippen LogP contribution in [0.4, 0.5) is 25.0 Å². The monoisotopic (exact) mass is 545 g/mol. The minimum absolute atomic E-state index is 0.0276. The number of imidazole rings is 1. The number of aldehydes is 1. The van der Waals surface area contributed by atoms with Gasteiger partial charge in [-0.1, -0.05) is 0 Å². The average molecular weight is 546 g/mol. The number of ether oxygens (including phenoxy) is 1. The van der Waals surface area contributed by atoms with Gasteiger partial charge in [0.05, 0.1) is 37.3 Å². The SMILES string of the molecule is CNCC(=O)N1CCN(c2c(F)cc(N3CC(CO)OC3=O)cc2F)CC1.Cc1nc2cnccn2c1C=O. The fourth-order valence-corrected chi connectivity index (χ4v) is 4.47. The molecule has 5 rings (SSSR count). The topological polar surface area (TPSA) is 133 Å². The molecule has 2 amide bonds. The van der Waals surface area contributed by atoms with E-state index in [9.17, 15) is 23.2 Å². The van der Waals surface area contributed by atoms with Crippen molar-refractivity contribution >= 4 is 35.3 Å². The highest BCUT2D eigenvalue weighted by molar-refractivity contribution is 5.90. The molecule has 0 aliphatic carbocycles. The van der Waals surface area contributed by atoms with Gasteiger partial charge in [-0.05, 0) is 14.0 Å². The summed E-state index contributed by atoms with van der Waals surface area (Å²) in [5.74, 6) is -1.64. The Kier molecular flexibility index (Phi) is 8.66. The molecule has 0 saturated carbocycles. The van der Waals surface area contributed by atoms with Crippen molar-refractivity contribution in [1.82, 2.24) is 24.6 Å². The molecule has 0 bridgehead atoms. The molecule has 14 heteroatoms. The van der Waals surface area contributed by atoms with E-state index in [1.165, 1.54) is 0 Å². The first kappa shape index (κ1) is 27.9. The van der Waals surface area contributed by atoms with Crippen LogP contribution < -0.4 is 15.1 Å². The van der Waals surface area contributed by atoms with Gasteiger partial charge in [0.1, 0.15) is 17.5 Å². The van der Waals surface area contributed by atoms with Crippen LogP contribution in [0.1, 0.15) is 16.2 Å². The van der Waals surface area contributed by atoms with E-state index in [-0.39, 0.29) is 37.0 Å². The van der Waals surface area contributed by atoms with Crippen molar-refractivity contribution in [2.24, 2.45) is 0 Å². The van der Waals surface area contributed by atoms with Gasteiger partial charge < -0.3 is 25.0 Å². The predicted octanol–water partition coefficient (Wildman–Crippen LogP) is 1.00.